The molecule has 4 aromatic rings. The molecule has 8 nitrogen and oxygen atoms in total. The lowest BCUT2D eigenvalue weighted by Crippen LogP contribution is -2.26. The van der Waals surface area contributed by atoms with Gasteiger partial charge in [0, 0.05) is 11.5 Å². The predicted molar refractivity (Wildman–Crippen MR) is 168 cm³/mol. The molecule has 2 heterocycles. The minimum Gasteiger partial charge on any atom is -0.262 e. The first-order valence-electron chi connectivity index (χ1n) is 12.0. The van der Waals surface area contributed by atoms with Gasteiger partial charge in [0.05, 0.1) is 76.8 Å². The normalized spacial score (nSPS) is 11.5. The number of rotatable bonds is 6. The van der Waals surface area contributed by atoms with Gasteiger partial charge in [-0.1, -0.05) is 34.8 Å². The molecule has 0 saturated carbocycles. The molecule has 0 aliphatic carbocycles. The maximum atomic E-state index is 4.71. The summed E-state index contributed by atoms with van der Waals surface area (Å²) in [5.74, 6) is 1.76. The van der Waals surface area contributed by atoms with E-state index in [-0.39, 0.29) is 0 Å². The highest BCUT2D eigenvalue weighted by Gasteiger charge is 2.15. The summed E-state index contributed by atoms with van der Waals surface area (Å²) in [4.78, 5) is 13.7. The van der Waals surface area contributed by atoms with Crippen molar-refractivity contribution in [3.8, 4) is 0 Å². The molecular weight excluding hydrogens is 553 g/mol. The molecule has 0 aliphatic rings. The summed E-state index contributed by atoms with van der Waals surface area (Å²) in [6.45, 7) is 0. The van der Waals surface area contributed by atoms with Gasteiger partial charge in [-0.3, -0.25) is 19.0 Å². The third kappa shape index (κ3) is 7.10. The summed E-state index contributed by atoms with van der Waals surface area (Å²) in [6.07, 6.45) is 0. The largest absolute Gasteiger partial charge is 0.307 e. The Bertz CT molecular complexity index is 1410. The Morgan fingerprint density at radius 2 is 1.11 bits per heavy atom. The monoisotopic (exact) mass is 586 g/mol. The number of thioether (sulfide) groups is 2. The van der Waals surface area contributed by atoms with Crippen LogP contribution >= 0.6 is 46.2 Å². The van der Waals surface area contributed by atoms with Crippen LogP contribution in [0.1, 0.15) is 11.1 Å². The molecule has 0 fully saturated rings. The average molecular weight is 587 g/mol. The van der Waals surface area contributed by atoms with Gasteiger partial charge in [-0.15, -0.1) is 10.2 Å². The fraction of sp³-hybridized carbons (Fsp3) is 0.385. The van der Waals surface area contributed by atoms with E-state index >= 15 is 0 Å². The number of azo groups is 1. The smallest absolute Gasteiger partial charge is 0.262 e. The summed E-state index contributed by atoms with van der Waals surface area (Å²) in [7, 11) is 16.5. The number of hydrogen-bond donors (Lipinski definition) is 0. The van der Waals surface area contributed by atoms with E-state index in [0.717, 1.165) is 31.9 Å². The molecule has 0 radical (unpaired) electrons. The number of nitrogens with zero attached hydrogens (tertiary/aromatic N) is 8. The highest BCUT2D eigenvalue weighted by atomic mass is 32.2. The molecule has 0 spiro atoms. The third-order valence-electron chi connectivity index (χ3n) is 5.37. The minimum atomic E-state index is 0.644. The van der Waals surface area contributed by atoms with E-state index in [1.165, 1.54) is 21.5 Å². The Balaban J connectivity index is 1.45. The quantitative estimate of drug-likeness (QED) is 0.117. The van der Waals surface area contributed by atoms with E-state index in [1.807, 2.05) is 23.5 Å². The second-order valence-electron chi connectivity index (χ2n) is 9.52. The Kier molecular flexibility index (Phi) is 9.40. The van der Waals surface area contributed by atoms with Crippen LogP contribution in [0, 0.1) is 0 Å². The van der Waals surface area contributed by atoms with E-state index in [1.54, 1.807) is 22.7 Å². The van der Waals surface area contributed by atoms with E-state index in [9.17, 15) is 0 Å². The maximum Gasteiger partial charge on any atom is 0.307 e. The van der Waals surface area contributed by atoms with Crippen LogP contribution in [0.4, 0.5) is 10.3 Å². The fourth-order valence-electron chi connectivity index (χ4n) is 3.88. The van der Waals surface area contributed by atoms with Crippen LogP contribution in [0.25, 0.3) is 20.4 Å². The second kappa shape index (κ2) is 12.5. The van der Waals surface area contributed by atoms with Crippen molar-refractivity contribution in [2.24, 2.45) is 10.2 Å². The lowest BCUT2D eigenvalue weighted by atomic mass is 10.2. The summed E-state index contributed by atoms with van der Waals surface area (Å²) < 4.78 is 6.49. The van der Waals surface area contributed by atoms with Crippen LogP contribution in [0.5, 0.6) is 0 Å². The van der Waals surface area contributed by atoms with Crippen LogP contribution in [0.2, 0.25) is 0 Å². The first-order chi connectivity index (χ1) is 18.1. The average Bonchev–Trinajstić information content (AvgIpc) is 3.44. The molecule has 0 bridgehead atoms. The zero-order chi connectivity index (χ0) is 27.4. The number of benzene rings is 2. The van der Waals surface area contributed by atoms with Crippen LogP contribution < -0.4 is 0 Å². The zero-order valence-electron chi connectivity index (χ0n) is 23.1. The van der Waals surface area contributed by atoms with Crippen LogP contribution in [-0.4, -0.2) is 95.6 Å². The Labute approximate surface area is 240 Å². The molecular formula is C26H34N8S4+2. The highest BCUT2D eigenvalue weighted by molar-refractivity contribution is 8.13. The maximum absolute atomic E-state index is 4.71. The Morgan fingerprint density at radius 3 is 1.45 bits per heavy atom. The molecule has 2 aromatic carbocycles. The molecule has 0 amide bonds. The summed E-state index contributed by atoms with van der Waals surface area (Å²) in [5, 5.41) is 12.6. The molecule has 38 heavy (non-hydrogen) atoms. The zero-order valence-corrected chi connectivity index (χ0v) is 26.4. The van der Waals surface area contributed by atoms with Crippen molar-refractivity contribution in [2.45, 2.75) is 11.5 Å². The van der Waals surface area contributed by atoms with Crippen molar-refractivity contribution in [2.75, 3.05) is 56.4 Å². The molecule has 2 aromatic heterocycles. The topological polar surface area (TPSA) is 63.0 Å². The van der Waals surface area contributed by atoms with Gasteiger partial charge in [-0.05, 0) is 58.9 Å². The molecule has 200 valence electrons. The molecule has 0 N–H and O–H groups in total. The van der Waals surface area contributed by atoms with E-state index in [4.69, 9.17) is 9.97 Å². The molecule has 0 saturated heterocycles. The lowest BCUT2D eigenvalue weighted by molar-refractivity contribution is -0.466. The lowest BCUT2D eigenvalue weighted by Gasteiger charge is -2.10. The molecule has 0 aliphatic heterocycles. The summed E-state index contributed by atoms with van der Waals surface area (Å²) in [6, 6.07) is 12.9. The second-order valence-corrected chi connectivity index (χ2v) is 13.4. The number of amidine groups is 2. The van der Waals surface area contributed by atoms with Gasteiger partial charge in [0.25, 0.3) is 0 Å². The van der Waals surface area contributed by atoms with Gasteiger partial charge in [0.2, 0.25) is 10.3 Å². The van der Waals surface area contributed by atoms with Gasteiger partial charge in [-0.2, -0.15) is 0 Å². The van der Waals surface area contributed by atoms with Crippen molar-refractivity contribution in [3.05, 3.63) is 47.5 Å². The Morgan fingerprint density at radius 1 is 0.711 bits per heavy atom. The number of fused-ring (bicyclic) bond motifs is 2. The SMILES string of the molecule is CN(C)C(SCc1ccc2sc(/N=N/c3nc4cc(CSC(N(C)C)=[N+](C)C)ccc4s3)nc2c1)=[N+](C)C. The summed E-state index contributed by atoms with van der Waals surface area (Å²) >= 11 is 6.72. The number of aromatic nitrogens is 2. The van der Waals surface area contributed by atoms with Crippen LogP contribution in [0.3, 0.4) is 0 Å². The van der Waals surface area contributed by atoms with E-state index < -0.39 is 0 Å². The van der Waals surface area contributed by atoms with Gasteiger partial charge in [0.15, 0.2) is 0 Å². The third-order valence-corrected chi connectivity index (χ3v) is 10.1. The van der Waals surface area contributed by atoms with Gasteiger partial charge < -0.3 is 0 Å². The van der Waals surface area contributed by atoms with Crippen molar-refractivity contribution in [1.29, 1.82) is 0 Å². The van der Waals surface area contributed by atoms with E-state index in [0.29, 0.717) is 10.3 Å². The molecule has 0 atom stereocenters. The number of thiazole rings is 2. The summed E-state index contributed by atoms with van der Waals surface area (Å²) in [5.41, 5.74) is 4.38. The highest BCUT2D eigenvalue weighted by Crippen LogP contribution is 2.33. The van der Waals surface area contributed by atoms with E-state index in [2.05, 4.69) is 122 Å². The minimum absolute atomic E-state index is 0.644. The first kappa shape index (κ1) is 28.5. The van der Waals surface area contributed by atoms with Crippen molar-refractivity contribution in [1.82, 2.24) is 19.8 Å². The van der Waals surface area contributed by atoms with Gasteiger partial charge in [0.1, 0.15) is 0 Å². The standard InChI is InChI=1S/C26H34N8S4/c1-31(2)25(32(3)4)35-15-17-9-11-21-19(13-17)27-23(37-21)29-30-24-28-20-14-18(10-12-22(20)38-24)16-36-26(33(5)6)34(7)8/h9-14H,15-16H2,1-8H3/q+2/b30-29+. The van der Waals surface area contributed by atoms with Crippen LogP contribution in [0.15, 0.2) is 46.6 Å². The molecule has 4 rings (SSSR count). The fourth-order valence-corrected chi connectivity index (χ4v) is 7.40. The van der Waals surface area contributed by atoms with Crippen molar-refractivity contribution < 1.29 is 9.15 Å². The molecule has 12 heteroatoms. The first-order valence-corrected chi connectivity index (χ1v) is 15.6. The molecule has 0 unspecified atom stereocenters. The van der Waals surface area contributed by atoms with Gasteiger partial charge in [-0.25, -0.2) is 9.97 Å². The van der Waals surface area contributed by atoms with Crippen molar-refractivity contribution in [3.63, 3.8) is 0 Å². The van der Waals surface area contributed by atoms with Crippen LogP contribution in [-0.2, 0) is 11.5 Å². The predicted octanol–water partition coefficient (Wildman–Crippen LogP) is 6.17. The Hall–Kier alpha value is -2.54. The number of hydrogen-bond acceptors (Lipinski definition) is 8. The van der Waals surface area contributed by atoms with Gasteiger partial charge >= 0.3 is 10.3 Å². The van der Waals surface area contributed by atoms with Crippen molar-refractivity contribution >= 4 is 87.2 Å².